The summed E-state index contributed by atoms with van der Waals surface area (Å²) in [4.78, 5) is 5.71. The molecule has 5 heteroatoms. The van der Waals surface area contributed by atoms with Crippen LogP contribution in [0.25, 0.3) is 22.6 Å². The first-order valence-corrected chi connectivity index (χ1v) is 6.73. The summed E-state index contributed by atoms with van der Waals surface area (Å²) < 4.78 is 11.1. The lowest BCUT2D eigenvalue weighted by Crippen LogP contribution is -1.86. The molecule has 3 aromatic rings. The molecule has 0 aliphatic carbocycles. The van der Waals surface area contributed by atoms with Crippen molar-refractivity contribution in [2.24, 2.45) is 0 Å². The fourth-order valence-corrected chi connectivity index (χ4v) is 3.04. The van der Waals surface area contributed by atoms with E-state index >= 15 is 0 Å². The topological polar surface area (TPSA) is 61.3 Å². The number of nitrogens with two attached hydrogens (primary N) is 1. The van der Waals surface area contributed by atoms with E-state index in [1.807, 2.05) is 32.0 Å². The standard InChI is InChI=1S/C14H14N2O2S/c1-7-8(2)19-13(15)11(7)14-16-12-9(17-3)5-4-6-10(12)18-14/h4-6H,15H2,1-3H3. The Balaban J connectivity index is 2.26. The second-order valence-electron chi connectivity index (χ2n) is 4.35. The molecule has 0 fully saturated rings. The highest BCUT2D eigenvalue weighted by molar-refractivity contribution is 7.16. The molecule has 1 aromatic carbocycles. The normalized spacial score (nSPS) is 11.1. The number of aryl methyl sites for hydroxylation is 1. The minimum absolute atomic E-state index is 0.554. The fourth-order valence-electron chi connectivity index (χ4n) is 2.11. The minimum Gasteiger partial charge on any atom is -0.494 e. The summed E-state index contributed by atoms with van der Waals surface area (Å²) in [6.07, 6.45) is 0. The van der Waals surface area contributed by atoms with Crippen LogP contribution in [0.15, 0.2) is 22.6 Å². The SMILES string of the molecule is COc1cccc2oc(-c3c(N)sc(C)c3C)nc12. The van der Waals surface area contributed by atoms with E-state index in [2.05, 4.69) is 4.98 Å². The van der Waals surface area contributed by atoms with Crippen LogP contribution in [0.3, 0.4) is 0 Å². The number of para-hydroxylation sites is 1. The van der Waals surface area contributed by atoms with E-state index in [-0.39, 0.29) is 0 Å². The Bertz CT molecular complexity index is 758. The lowest BCUT2D eigenvalue weighted by Gasteiger charge is -1.97. The molecule has 4 nitrogen and oxygen atoms in total. The number of ether oxygens (including phenoxy) is 1. The first-order chi connectivity index (χ1) is 9.11. The number of aromatic nitrogens is 1. The van der Waals surface area contributed by atoms with Gasteiger partial charge in [0.2, 0.25) is 5.89 Å². The molecular weight excluding hydrogens is 260 g/mol. The van der Waals surface area contributed by atoms with Crippen molar-refractivity contribution < 1.29 is 9.15 Å². The zero-order valence-corrected chi connectivity index (χ0v) is 11.8. The highest BCUT2D eigenvalue weighted by Crippen LogP contribution is 2.39. The molecule has 0 radical (unpaired) electrons. The van der Waals surface area contributed by atoms with Gasteiger partial charge in [0.15, 0.2) is 11.1 Å². The van der Waals surface area contributed by atoms with Crippen LogP contribution in [0.5, 0.6) is 5.75 Å². The van der Waals surface area contributed by atoms with E-state index in [0.717, 1.165) is 21.6 Å². The van der Waals surface area contributed by atoms with Gasteiger partial charge in [0.25, 0.3) is 0 Å². The Kier molecular flexibility index (Phi) is 2.71. The second kappa shape index (κ2) is 4.28. The molecule has 0 unspecified atom stereocenters. The molecule has 19 heavy (non-hydrogen) atoms. The molecule has 2 aromatic heterocycles. The van der Waals surface area contributed by atoms with Crippen molar-refractivity contribution >= 4 is 27.4 Å². The van der Waals surface area contributed by atoms with Gasteiger partial charge >= 0.3 is 0 Å². The number of nitrogens with zero attached hydrogens (tertiary/aromatic N) is 1. The van der Waals surface area contributed by atoms with Gasteiger partial charge in [-0.2, -0.15) is 0 Å². The van der Waals surface area contributed by atoms with Gasteiger partial charge in [0.1, 0.15) is 5.75 Å². The number of rotatable bonds is 2. The predicted molar refractivity (Wildman–Crippen MR) is 77.8 cm³/mol. The lowest BCUT2D eigenvalue weighted by atomic mass is 10.1. The molecule has 2 N–H and O–H groups in total. The van der Waals surface area contributed by atoms with Crippen LogP contribution in [0.1, 0.15) is 10.4 Å². The van der Waals surface area contributed by atoms with Crippen molar-refractivity contribution in [2.45, 2.75) is 13.8 Å². The number of oxazole rings is 1. The van der Waals surface area contributed by atoms with Crippen LogP contribution in [0.2, 0.25) is 0 Å². The summed E-state index contributed by atoms with van der Waals surface area (Å²) in [7, 11) is 1.62. The molecule has 0 bridgehead atoms. The summed E-state index contributed by atoms with van der Waals surface area (Å²) in [6, 6.07) is 5.62. The van der Waals surface area contributed by atoms with Crippen LogP contribution in [0.4, 0.5) is 5.00 Å². The average molecular weight is 274 g/mol. The van der Waals surface area contributed by atoms with E-state index < -0.39 is 0 Å². The lowest BCUT2D eigenvalue weighted by molar-refractivity contribution is 0.419. The van der Waals surface area contributed by atoms with Gasteiger partial charge in [-0.05, 0) is 31.5 Å². The molecule has 0 atom stereocenters. The number of benzene rings is 1. The van der Waals surface area contributed by atoms with Gasteiger partial charge in [-0.15, -0.1) is 11.3 Å². The molecular formula is C14H14N2O2S. The van der Waals surface area contributed by atoms with Crippen molar-refractivity contribution in [3.63, 3.8) is 0 Å². The molecule has 2 heterocycles. The fraction of sp³-hybridized carbons (Fsp3) is 0.214. The Morgan fingerprint density at radius 1 is 1.32 bits per heavy atom. The highest BCUT2D eigenvalue weighted by Gasteiger charge is 2.19. The van der Waals surface area contributed by atoms with E-state index in [1.54, 1.807) is 18.4 Å². The summed E-state index contributed by atoms with van der Waals surface area (Å²) in [5.74, 6) is 1.26. The summed E-state index contributed by atoms with van der Waals surface area (Å²) in [5.41, 5.74) is 9.49. The molecule has 0 saturated carbocycles. The Morgan fingerprint density at radius 3 is 2.74 bits per heavy atom. The number of anilines is 1. The summed E-state index contributed by atoms with van der Waals surface area (Å²) in [6.45, 7) is 4.08. The summed E-state index contributed by atoms with van der Waals surface area (Å²) in [5, 5.41) is 0.737. The zero-order valence-electron chi connectivity index (χ0n) is 11.0. The Morgan fingerprint density at radius 2 is 2.11 bits per heavy atom. The number of nitrogen functional groups attached to an aromatic ring is 1. The van der Waals surface area contributed by atoms with Crippen molar-refractivity contribution in [3.8, 4) is 17.2 Å². The predicted octanol–water partition coefficient (Wildman–Crippen LogP) is 3.76. The smallest absolute Gasteiger partial charge is 0.230 e. The summed E-state index contributed by atoms with van der Waals surface area (Å²) >= 11 is 1.56. The monoisotopic (exact) mass is 274 g/mol. The second-order valence-corrected chi connectivity index (χ2v) is 5.60. The molecule has 0 aliphatic rings. The molecule has 3 rings (SSSR count). The van der Waals surface area contributed by atoms with Gasteiger partial charge in [-0.1, -0.05) is 6.07 Å². The quantitative estimate of drug-likeness (QED) is 0.772. The van der Waals surface area contributed by atoms with E-state index in [0.29, 0.717) is 17.2 Å². The van der Waals surface area contributed by atoms with Gasteiger partial charge in [-0.3, -0.25) is 0 Å². The molecule has 98 valence electrons. The van der Waals surface area contributed by atoms with Crippen molar-refractivity contribution in [1.82, 2.24) is 4.98 Å². The largest absolute Gasteiger partial charge is 0.494 e. The first-order valence-electron chi connectivity index (χ1n) is 5.91. The van der Waals surface area contributed by atoms with Gasteiger partial charge in [-0.25, -0.2) is 4.98 Å². The highest BCUT2D eigenvalue weighted by atomic mass is 32.1. The van der Waals surface area contributed by atoms with Gasteiger partial charge < -0.3 is 14.9 Å². The van der Waals surface area contributed by atoms with Crippen LogP contribution >= 0.6 is 11.3 Å². The van der Waals surface area contributed by atoms with Crippen LogP contribution < -0.4 is 10.5 Å². The molecule has 0 aliphatic heterocycles. The van der Waals surface area contributed by atoms with Crippen LogP contribution in [0, 0.1) is 13.8 Å². The molecule has 0 saturated heterocycles. The van der Waals surface area contributed by atoms with E-state index in [9.17, 15) is 0 Å². The van der Waals surface area contributed by atoms with E-state index in [4.69, 9.17) is 14.9 Å². The average Bonchev–Trinajstić information content (AvgIpc) is 2.90. The number of methoxy groups -OCH3 is 1. The third kappa shape index (κ3) is 1.77. The maximum Gasteiger partial charge on any atom is 0.230 e. The zero-order chi connectivity index (χ0) is 13.6. The maximum atomic E-state index is 6.05. The third-order valence-corrected chi connectivity index (χ3v) is 4.26. The first kappa shape index (κ1) is 12.0. The Labute approximate surface area is 114 Å². The minimum atomic E-state index is 0.554. The van der Waals surface area contributed by atoms with Crippen LogP contribution in [-0.2, 0) is 0 Å². The third-order valence-electron chi connectivity index (χ3n) is 3.23. The van der Waals surface area contributed by atoms with Crippen molar-refractivity contribution in [1.29, 1.82) is 0 Å². The van der Waals surface area contributed by atoms with Crippen LogP contribution in [-0.4, -0.2) is 12.1 Å². The van der Waals surface area contributed by atoms with Crippen molar-refractivity contribution in [3.05, 3.63) is 28.6 Å². The molecule has 0 spiro atoms. The van der Waals surface area contributed by atoms with Gasteiger partial charge in [0, 0.05) is 4.88 Å². The number of hydrogen-bond acceptors (Lipinski definition) is 5. The van der Waals surface area contributed by atoms with Crippen molar-refractivity contribution in [2.75, 3.05) is 12.8 Å². The Hall–Kier alpha value is -2.01. The van der Waals surface area contributed by atoms with Gasteiger partial charge in [0.05, 0.1) is 17.7 Å². The number of fused-ring (bicyclic) bond motifs is 1. The number of hydrogen-bond donors (Lipinski definition) is 1. The molecule has 0 amide bonds. The number of thiophene rings is 1. The maximum absolute atomic E-state index is 6.05. The van der Waals surface area contributed by atoms with E-state index in [1.165, 1.54) is 4.88 Å².